The lowest BCUT2D eigenvalue weighted by molar-refractivity contribution is -0.133. The summed E-state index contributed by atoms with van der Waals surface area (Å²) in [5, 5.41) is 0. The lowest BCUT2D eigenvalue weighted by Crippen LogP contribution is -2.53. The maximum absolute atomic E-state index is 12.5. The van der Waals surface area contributed by atoms with Crippen LogP contribution in [0.15, 0.2) is 11.3 Å². The van der Waals surface area contributed by atoms with E-state index in [0.717, 1.165) is 38.5 Å². The van der Waals surface area contributed by atoms with Gasteiger partial charge in [-0.25, -0.2) is 0 Å². The number of hydrogen-bond donors (Lipinski definition) is 0. The Balaban J connectivity index is 1.78. The van der Waals surface area contributed by atoms with Gasteiger partial charge in [-0.1, -0.05) is 20.8 Å². The van der Waals surface area contributed by atoms with Crippen LogP contribution in [0, 0.1) is 34.5 Å². The summed E-state index contributed by atoms with van der Waals surface area (Å²) in [6.07, 6.45) is 6.70. The van der Waals surface area contributed by atoms with E-state index in [9.17, 15) is 9.59 Å². The highest BCUT2D eigenvalue weighted by Crippen LogP contribution is 2.66. The largest absolute Gasteiger partial charge is 0.493 e. The zero-order valence-electron chi connectivity index (χ0n) is 15.5. The lowest BCUT2D eigenvalue weighted by Gasteiger charge is -2.58. The Labute approximate surface area is 145 Å². The van der Waals surface area contributed by atoms with Gasteiger partial charge in [-0.05, 0) is 66.8 Å². The van der Waals surface area contributed by atoms with Gasteiger partial charge in [-0.3, -0.25) is 9.59 Å². The third kappa shape index (κ3) is 1.90. The minimum absolute atomic E-state index is 0.0764. The molecule has 0 saturated heterocycles. The molecular formula is C21H30O3. The van der Waals surface area contributed by atoms with Crippen LogP contribution in [0.5, 0.6) is 0 Å². The van der Waals surface area contributed by atoms with Gasteiger partial charge < -0.3 is 4.74 Å². The molecule has 3 heteroatoms. The van der Waals surface area contributed by atoms with Crippen LogP contribution < -0.4 is 0 Å². The summed E-state index contributed by atoms with van der Waals surface area (Å²) in [7, 11) is 1.65. The van der Waals surface area contributed by atoms with Crippen molar-refractivity contribution in [1.82, 2.24) is 0 Å². The summed E-state index contributed by atoms with van der Waals surface area (Å²) >= 11 is 0. The smallest absolute Gasteiger partial charge is 0.197 e. The molecule has 3 saturated carbocycles. The monoisotopic (exact) mass is 330 g/mol. The minimum Gasteiger partial charge on any atom is -0.493 e. The molecule has 0 radical (unpaired) electrons. The Kier molecular flexibility index (Phi) is 3.54. The highest BCUT2D eigenvalue weighted by Gasteiger charge is 2.61. The average Bonchev–Trinajstić information content (AvgIpc) is 2.84. The van der Waals surface area contributed by atoms with Crippen LogP contribution in [0.1, 0.15) is 65.7 Å². The summed E-state index contributed by atoms with van der Waals surface area (Å²) < 4.78 is 5.59. The lowest BCUT2D eigenvalue weighted by atomic mass is 9.45. The van der Waals surface area contributed by atoms with Crippen molar-refractivity contribution in [3.8, 4) is 0 Å². The molecule has 0 aromatic rings. The molecule has 4 aliphatic rings. The molecule has 3 fully saturated rings. The number of ether oxygens (including phenoxy) is 1. The van der Waals surface area contributed by atoms with Crippen LogP contribution in [0.3, 0.4) is 0 Å². The van der Waals surface area contributed by atoms with Crippen LogP contribution in [-0.4, -0.2) is 18.7 Å². The highest BCUT2D eigenvalue weighted by atomic mass is 16.5. The molecule has 1 unspecified atom stereocenters. The van der Waals surface area contributed by atoms with E-state index in [4.69, 9.17) is 4.74 Å². The third-order valence-electron chi connectivity index (χ3n) is 8.27. The summed E-state index contributed by atoms with van der Waals surface area (Å²) in [4.78, 5) is 24.9. The molecular weight excluding hydrogens is 300 g/mol. The molecule has 0 N–H and O–H groups in total. The molecule has 3 nitrogen and oxygen atoms in total. The van der Waals surface area contributed by atoms with E-state index in [1.165, 1.54) is 5.57 Å². The van der Waals surface area contributed by atoms with E-state index in [2.05, 4.69) is 20.8 Å². The molecule has 6 atom stereocenters. The molecule has 4 rings (SSSR count). The second-order valence-corrected chi connectivity index (χ2v) is 9.22. The van der Waals surface area contributed by atoms with E-state index in [1.54, 1.807) is 7.11 Å². The molecule has 0 aliphatic heterocycles. The van der Waals surface area contributed by atoms with E-state index < -0.39 is 0 Å². The number of carbonyl (C=O) groups excluding carboxylic acids is 2. The van der Waals surface area contributed by atoms with Crippen molar-refractivity contribution in [3.05, 3.63) is 11.3 Å². The number of ketones is 2. The van der Waals surface area contributed by atoms with Gasteiger partial charge in [0.05, 0.1) is 7.11 Å². The average molecular weight is 330 g/mol. The Morgan fingerprint density at radius 1 is 1.00 bits per heavy atom. The number of carbonyl (C=O) groups is 2. The van der Waals surface area contributed by atoms with E-state index in [-0.39, 0.29) is 16.6 Å². The standard InChI is InChI=1S/C21H30O3/c1-12-11-13-14-5-6-17(23)20(14,2)9-7-15(13)21(3)10-8-16(22)19(24-4)18(12)21/h12-15H,5-11H2,1-4H3/t12?,13-,14-,15-,20-,21+/m0/s1. The van der Waals surface area contributed by atoms with Gasteiger partial charge in [0.2, 0.25) is 0 Å². The zero-order chi connectivity index (χ0) is 17.3. The Hall–Kier alpha value is -1.12. The first kappa shape index (κ1) is 16.4. The molecule has 0 bridgehead atoms. The van der Waals surface area contributed by atoms with Crippen LogP contribution in [-0.2, 0) is 14.3 Å². The molecule has 132 valence electrons. The summed E-state index contributed by atoms with van der Waals surface area (Å²) in [6.45, 7) is 6.87. The number of fused-ring (bicyclic) bond motifs is 5. The normalized spacial score (nSPS) is 48.0. The predicted molar refractivity (Wildman–Crippen MR) is 92.2 cm³/mol. The quantitative estimate of drug-likeness (QED) is 0.719. The number of Topliss-reactive ketones (excluding diaryl/α,β-unsaturated/α-hetero) is 2. The van der Waals surface area contributed by atoms with Gasteiger partial charge >= 0.3 is 0 Å². The van der Waals surface area contributed by atoms with Crippen molar-refractivity contribution in [3.63, 3.8) is 0 Å². The molecule has 24 heavy (non-hydrogen) atoms. The summed E-state index contributed by atoms with van der Waals surface area (Å²) in [5.74, 6) is 3.51. The summed E-state index contributed by atoms with van der Waals surface area (Å²) in [5.41, 5.74) is 1.29. The van der Waals surface area contributed by atoms with Crippen LogP contribution in [0.2, 0.25) is 0 Å². The number of methoxy groups -OCH3 is 1. The van der Waals surface area contributed by atoms with Gasteiger partial charge in [0.25, 0.3) is 0 Å². The van der Waals surface area contributed by atoms with E-state index in [1.807, 2.05) is 0 Å². The van der Waals surface area contributed by atoms with Crippen molar-refractivity contribution < 1.29 is 14.3 Å². The maximum Gasteiger partial charge on any atom is 0.197 e. The first-order valence-electron chi connectivity index (χ1n) is 9.68. The van der Waals surface area contributed by atoms with Gasteiger partial charge in [-0.15, -0.1) is 0 Å². The molecule has 4 aliphatic carbocycles. The summed E-state index contributed by atoms with van der Waals surface area (Å²) in [6, 6.07) is 0. The Bertz CT molecular complexity index is 633. The fraction of sp³-hybridized carbons (Fsp3) is 0.810. The molecule has 0 aromatic carbocycles. The van der Waals surface area contributed by atoms with Crippen molar-refractivity contribution in [2.45, 2.75) is 65.7 Å². The SMILES string of the molecule is COC1=C2C(C)C[C@@H]3[C@H](CC[C@]4(C)C(=O)CC[C@@H]34)[C@@]2(C)CCC1=O. The minimum atomic E-state index is -0.0764. The van der Waals surface area contributed by atoms with Crippen molar-refractivity contribution in [1.29, 1.82) is 0 Å². The molecule has 0 aromatic heterocycles. The van der Waals surface area contributed by atoms with Crippen molar-refractivity contribution in [2.24, 2.45) is 34.5 Å². The van der Waals surface area contributed by atoms with Gasteiger partial charge in [0, 0.05) is 18.3 Å². The molecule has 0 heterocycles. The van der Waals surface area contributed by atoms with Crippen LogP contribution >= 0.6 is 0 Å². The molecule has 0 spiro atoms. The Morgan fingerprint density at radius 2 is 1.71 bits per heavy atom. The van der Waals surface area contributed by atoms with Gasteiger partial charge in [0.15, 0.2) is 11.5 Å². The maximum atomic E-state index is 12.5. The second kappa shape index (κ2) is 5.19. The Morgan fingerprint density at radius 3 is 2.42 bits per heavy atom. The second-order valence-electron chi connectivity index (χ2n) is 9.22. The first-order valence-corrected chi connectivity index (χ1v) is 9.68. The van der Waals surface area contributed by atoms with E-state index >= 15 is 0 Å². The van der Waals surface area contributed by atoms with Crippen LogP contribution in [0.25, 0.3) is 0 Å². The van der Waals surface area contributed by atoms with Gasteiger partial charge in [0.1, 0.15) is 5.78 Å². The highest BCUT2D eigenvalue weighted by molar-refractivity contribution is 5.95. The van der Waals surface area contributed by atoms with Crippen molar-refractivity contribution >= 4 is 11.6 Å². The first-order chi connectivity index (χ1) is 11.3. The predicted octanol–water partition coefficient (Wildman–Crippen LogP) is 4.31. The zero-order valence-corrected chi connectivity index (χ0v) is 15.5. The molecule has 0 amide bonds. The van der Waals surface area contributed by atoms with Gasteiger partial charge in [-0.2, -0.15) is 0 Å². The van der Waals surface area contributed by atoms with Crippen molar-refractivity contribution in [2.75, 3.05) is 7.11 Å². The third-order valence-corrected chi connectivity index (χ3v) is 8.27. The fourth-order valence-electron chi connectivity index (χ4n) is 7.13. The topological polar surface area (TPSA) is 43.4 Å². The van der Waals surface area contributed by atoms with Crippen LogP contribution in [0.4, 0.5) is 0 Å². The number of hydrogen-bond acceptors (Lipinski definition) is 3. The fourth-order valence-corrected chi connectivity index (χ4v) is 7.13. The van der Waals surface area contributed by atoms with E-state index in [0.29, 0.717) is 41.6 Å². The number of rotatable bonds is 1. The number of allylic oxidation sites excluding steroid dienone is 1.